The standard InChI is InChI=1S/C21H34O5/c1-3-14(2)20(22)26-19-11-16-9-17(19)18(10-16)21(23)25-13-24-12-15-7-5-4-6-8-15/h14-19H,3-13H2,1-2H3. The first-order valence-corrected chi connectivity index (χ1v) is 10.5. The Morgan fingerprint density at radius 1 is 1.08 bits per heavy atom. The number of esters is 2. The molecule has 0 heterocycles. The maximum atomic E-state index is 12.5. The molecular formula is C21H34O5. The van der Waals surface area contributed by atoms with Crippen LogP contribution in [0, 0.1) is 29.6 Å². The highest BCUT2D eigenvalue weighted by Crippen LogP contribution is 2.50. The van der Waals surface area contributed by atoms with Gasteiger partial charge in [-0.1, -0.05) is 33.1 Å². The molecule has 0 radical (unpaired) electrons. The van der Waals surface area contributed by atoms with Gasteiger partial charge in [0.05, 0.1) is 18.4 Å². The predicted molar refractivity (Wildman–Crippen MR) is 97.1 cm³/mol. The average Bonchev–Trinajstić information content (AvgIpc) is 3.25. The van der Waals surface area contributed by atoms with Crippen LogP contribution < -0.4 is 0 Å². The Hall–Kier alpha value is -1.10. The predicted octanol–water partition coefficient (Wildman–Crippen LogP) is 4.09. The molecule has 5 heteroatoms. The normalized spacial score (nSPS) is 32.4. The monoisotopic (exact) mass is 366 g/mol. The fraction of sp³-hybridized carbons (Fsp3) is 0.905. The van der Waals surface area contributed by atoms with Gasteiger partial charge in [0, 0.05) is 5.92 Å². The van der Waals surface area contributed by atoms with E-state index in [2.05, 4.69) is 0 Å². The molecular weight excluding hydrogens is 332 g/mol. The van der Waals surface area contributed by atoms with Crippen LogP contribution in [0.2, 0.25) is 0 Å². The van der Waals surface area contributed by atoms with Crippen LogP contribution in [0.15, 0.2) is 0 Å². The summed E-state index contributed by atoms with van der Waals surface area (Å²) in [6.45, 7) is 4.63. The van der Waals surface area contributed by atoms with E-state index in [1.165, 1.54) is 32.1 Å². The van der Waals surface area contributed by atoms with Crippen LogP contribution in [0.4, 0.5) is 0 Å². The van der Waals surface area contributed by atoms with E-state index < -0.39 is 0 Å². The SMILES string of the molecule is CCC(C)C(=O)OC1CC2CC(C(=O)OCOCC3CCCCC3)C1C2. The molecule has 2 bridgehead atoms. The molecule has 0 N–H and O–H groups in total. The molecule has 5 unspecified atom stereocenters. The molecule has 0 amide bonds. The summed E-state index contributed by atoms with van der Waals surface area (Å²) in [6, 6.07) is 0. The molecule has 148 valence electrons. The third-order valence-electron chi connectivity index (χ3n) is 6.70. The van der Waals surface area contributed by atoms with Crippen LogP contribution in [0.25, 0.3) is 0 Å². The van der Waals surface area contributed by atoms with Crippen molar-refractivity contribution in [3.8, 4) is 0 Å². The fourth-order valence-electron chi connectivity index (χ4n) is 4.90. The third kappa shape index (κ3) is 4.79. The molecule has 3 fully saturated rings. The van der Waals surface area contributed by atoms with Crippen LogP contribution in [0.3, 0.4) is 0 Å². The maximum absolute atomic E-state index is 12.5. The number of carbonyl (C=O) groups is 2. The Balaban J connectivity index is 1.39. The number of hydrogen-bond acceptors (Lipinski definition) is 5. The molecule has 0 aromatic rings. The summed E-state index contributed by atoms with van der Waals surface area (Å²) in [6.07, 6.45) is 9.76. The van der Waals surface area contributed by atoms with Gasteiger partial charge in [0.1, 0.15) is 6.10 Å². The smallest absolute Gasteiger partial charge is 0.311 e. The minimum Gasteiger partial charge on any atom is -0.462 e. The Morgan fingerprint density at radius 2 is 1.85 bits per heavy atom. The van der Waals surface area contributed by atoms with Gasteiger partial charge in [-0.25, -0.2) is 0 Å². The molecule has 0 spiro atoms. The van der Waals surface area contributed by atoms with E-state index in [9.17, 15) is 9.59 Å². The molecule has 5 atom stereocenters. The van der Waals surface area contributed by atoms with E-state index in [4.69, 9.17) is 14.2 Å². The van der Waals surface area contributed by atoms with Gasteiger partial charge in [0.25, 0.3) is 0 Å². The second-order valence-electron chi connectivity index (χ2n) is 8.58. The van der Waals surface area contributed by atoms with Gasteiger partial charge in [-0.15, -0.1) is 0 Å². The van der Waals surface area contributed by atoms with E-state index in [0.717, 1.165) is 25.7 Å². The summed E-state index contributed by atoms with van der Waals surface area (Å²) in [7, 11) is 0. The molecule has 3 saturated carbocycles. The number of ether oxygens (including phenoxy) is 3. The van der Waals surface area contributed by atoms with Gasteiger partial charge in [0.2, 0.25) is 0 Å². The van der Waals surface area contributed by atoms with Crippen LogP contribution in [-0.4, -0.2) is 31.4 Å². The van der Waals surface area contributed by atoms with Gasteiger partial charge in [-0.05, 0) is 50.4 Å². The van der Waals surface area contributed by atoms with Crippen molar-refractivity contribution < 1.29 is 23.8 Å². The summed E-state index contributed by atoms with van der Waals surface area (Å²) >= 11 is 0. The van der Waals surface area contributed by atoms with Crippen LogP contribution in [-0.2, 0) is 23.8 Å². The van der Waals surface area contributed by atoms with Crippen LogP contribution in [0.5, 0.6) is 0 Å². The van der Waals surface area contributed by atoms with Crippen LogP contribution >= 0.6 is 0 Å². The summed E-state index contributed by atoms with van der Waals surface area (Å²) < 4.78 is 16.7. The Bertz CT molecular complexity index is 485. The van der Waals surface area contributed by atoms with Crippen molar-refractivity contribution in [3.05, 3.63) is 0 Å². The highest BCUT2D eigenvalue weighted by atomic mass is 16.7. The average molecular weight is 366 g/mol. The summed E-state index contributed by atoms with van der Waals surface area (Å²) in [5, 5.41) is 0. The molecule has 0 aromatic heterocycles. The molecule has 3 aliphatic carbocycles. The first-order chi connectivity index (χ1) is 12.6. The second kappa shape index (κ2) is 9.20. The van der Waals surface area contributed by atoms with Gasteiger partial charge in [-0.3, -0.25) is 9.59 Å². The van der Waals surface area contributed by atoms with Gasteiger partial charge in [0.15, 0.2) is 6.79 Å². The minimum absolute atomic E-state index is 0.0561. The first-order valence-electron chi connectivity index (χ1n) is 10.5. The fourth-order valence-corrected chi connectivity index (χ4v) is 4.90. The number of fused-ring (bicyclic) bond motifs is 2. The van der Waals surface area contributed by atoms with Crippen molar-refractivity contribution in [2.45, 2.75) is 77.7 Å². The zero-order valence-electron chi connectivity index (χ0n) is 16.3. The lowest BCUT2D eigenvalue weighted by molar-refractivity contribution is -0.170. The van der Waals surface area contributed by atoms with Crippen molar-refractivity contribution in [1.29, 1.82) is 0 Å². The number of carbonyl (C=O) groups excluding carboxylic acids is 2. The summed E-state index contributed by atoms with van der Waals surface area (Å²) in [5.41, 5.74) is 0. The van der Waals surface area contributed by atoms with Crippen LogP contribution in [0.1, 0.15) is 71.6 Å². The first kappa shape index (κ1) is 19.7. The molecule has 0 aliphatic heterocycles. The van der Waals surface area contributed by atoms with E-state index in [0.29, 0.717) is 18.4 Å². The van der Waals surface area contributed by atoms with Crippen molar-refractivity contribution in [1.82, 2.24) is 0 Å². The lowest BCUT2D eigenvalue weighted by Gasteiger charge is -2.28. The van der Waals surface area contributed by atoms with Crippen molar-refractivity contribution in [3.63, 3.8) is 0 Å². The lowest BCUT2D eigenvalue weighted by atomic mass is 9.86. The molecule has 26 heavy (non-hydrogen) atoms. The summed E-state index contributed by atoms with van der Waals surface area (Å²) in [5.74, 6) is 0.705. The van der Waals surface area contributed by atoms with E-state index in [1.807, 2.05) is 13.8 Å². The van der Waals surface area contributed by atoms with Gasteiger partial charge < -0.3 is 14.2 Å². The topological polar surface area (TPSA) is 61.8 Å². The Labute approximate surface area is 157 Å². The van der Waals surface area contributed by atoms with Crippen molar-refractivity contribution in [2.75, 3.05) is 13.4 Å². The Morgan fingerprint density at radius 3 is 2.54 bits per heavy atom. The highest BCUT2D eigenvalue weighted by molar-refractivity contribution is 5.74. The maximum Gasteiger partial charge on any atom is 0.311 e. The lowest BCUT2D eigenvalue weighted by Crippen LogP contribution is -2.35. The summed E-state index contributed by atoms with van der Waals surface area (Å²) in [4.78, 5) is 24.6. The van der Waals surface area contributed by atoms with Crippen molar-refractivity contribution >= 4 is 11.9 Å². The minimum atomic E-state index is -0.176. The second-order valence-corrected chi connectivity index (χ2v) is 8.58. The van der Waals surface area contributed by atoms with Crippen molar-refractivity contribution in [2.24, 2.45) is 29.6 Å². The molecule has 5 nitrogen and oxygen atoms in total. The molecule has 3 rings (SSSR count). The zero-order valence-corrected chi connectivity index (χ0v) is 16.3. The zero-order chi connectivity index (χ0) is 18.5. The third-order valence-corrected chi connectivity index (χ3v) is 6.70. The molecule has 0 saturated heterocycles. The highest BCUT2D eigenvalue weighted by Gasteiger charge is 2.51. The molecule has 0 aromatic carbocycles. The quantitative estimate of drug-likeness (QED) is 0.368. The van der Waals surface area contributed by atoms with E-state index >= 15 is 0 Å². The van der Waals surface area contributed by atoms with Gasteiger partial charge in [-0.2, -0.15) is 0 Å². The van der Waals surface area contributed by atoms with E-state index in [-0.39, 0.29) is 42.6 Å². The van der Waals surface area contributed by atoms with E-state index in [1.54, 1.807) is 0 Å². The number of hydrogen-bond donors (Lipinski definition) is 0. The van der Waals surface area contributed by atoms with Gasteiger partial charge >= 0.3 is 11.9 Å². The molecule has 3 aliphatic rings. The largest absolute Gasteiger partial charge is 0.462 e. The Kier molecular flexibility index (Phi) is 6.96. The number of rotatable bonds is 8.